The first kappa shape index (κ1) is 11.9. The van der Waals surface area contributed by atoms with E-state index in [1.54, 1.807) is 0 Å². The molecule has 0 radical (unpaired) electrons. The molecule has 13 heavy (non-hydrogen) atoms. The quantitative estimate of drug-likeness (QED) is 0.632. The summed E-state index contributed by atoms with van der Waals surface area (Å²) in [5.74, 6) is 0.0404. The van der Waals surface area contributed by atoms with Crippen LogP contribution in [0.1, 0.15) is 33.1 Å². The van der Waals surface area contributed by atoms with Crippen LogP contribution in [0.4, 0.5) is 0 Å². The summed E-state index contributed by atoms with van der Waals surface area (Å²) < 4.78 is 0. The third-order valence-corrected chi connectivity index (χ3v) is 1.56. The maximum absolute atomic E-state index is 10.9. The normalized spacial score (nSPS) is 9.38. The largest absolute Gasteiger partial charge is 0.356 e. The van der Waals surface area contributed by atoms with Gasteiger partial charge in [-0.25, -0.2) is 0 Å². The first-order valence-corrected chi connectivity index (χ1v) is 4.74. The van der Waals surface area contributed by atoms with Crippen molar-refractivity contribution >= 4 is 11.8 Å². The monoisotopic (exact) mass is 186 g/mol. The van der Waals surface area contributed by atoms with E-state index in [-0.39, 0.29) is 11.8 Å². The summed E-state index contributed by atoms with van der Waals surface area (Å²) in [4.78, 5) is 21.9. The maximum atomic E-state index is 10.9. The van der Waals surface area contributed by atoms with Crippen LogP contribution in [0.2, 0.25) is 0 Å². The minimum absolute atomic E-state index is 0.0202. The minimum atomic E-state index is 0.0202. The summed E-state index contributed by atoms with van der Waals surface area (Å²) in [6.07, 6.45) is 1.49. The van der Waals surface area contributed by atoms with Crippen molar-refractivity contribution in [1.29, 1.82) is 0 Å². The van der Waals surface area contributed by atoms with Gasteiger partial charge in [-0.2, -0.15) is 0 Å². The molecular weight excluding hydrogens is 168 g/mol. The molecular formula is C9H18N2O2. The Kier molecular flexibility index (Phi) is 6.96. The van der Waals surface area contributed by atoms with Gasteiger partial charge < -0.3 is 10.6 Å². The number of amides is 2. The second-order valence-electron chi connectivity index (χ2n) is 2.76. The molecule has 0 aliphatic carbocycles. The summed E-state index contributed by atoms with van der Waals surface area (Å²) in [6, 6.07) is 0. The lowest BCUT2D eigenvalue weighted by molar-refractivity contribution is -0.122. The predicted octanol–water partition coefficient (Wildman–Crippen LogP) is 0.429. The van der Waals surface area contributed by atoms with Crippen molar-refractivity contribution in [3.8, 4) is 0 Å². The fourth-order valence-corrected chi connectivity index (χ4v) is 0.981. The molecule has 2 amide bonds. The van der Waals surface area contributed by atoms with E-state index in [0.717, 1.165) is 0 Å². The van der Waals surface area contributed by atoms with Gasteiger partial charge in [-0.3, -0.25) is 9.59 Å². The van der Waals surface area contributed by atoms with Crippen LogP contribution in [-0.2, 0) is 9.59 Å². The molecule has 76 valence electrons. The molecule has 0 saturated heterocycles. The molecule has 0 bridgehead atoms. The molecule has 0 rings (SSSR count). The van der Waals surface area contributed by atoms with E-state index in [1.165, 1.54) is 0 Å². The molecule has 4 heteroatoms. The molecule has 0 aromatic heterocycles. The highest BCUT2D eigenvalue weighted by Crippen LogP contribution is 1.94. The number of rotatable bonds is 6. The summed E-state index contributed by atoms with van der Waals surface area (Å²) in [7, 11) is 0. The molecule has 0 atom stereocenters. The third-order valence-electron chi connectivity index (χ3n) is 1.56. The average molecular weight is 186 g/mol. The zero-order valence-corrected chi connectivity index (χ0v) is 8.35. The van der Waals surface area contributed by atoms with Crippen LogP contribution >= 0.6 is 0 Å². The summed E-state index contributed by atoms with van der Waals surface area (Å²) >= 11 is 0. The van der Waals surface area contributed by atoms with Crippen molar-refractivity contribution in [3.63, 3.8) is 0 Å². The molecule has 0 heterocycles. The van der Waals surface area contributed by atoms with E-state index < -0.39 is 0 Å². The maximum Gasteiger partial charge on any atom is 0.219 e. The fraction of sp³-hybridized carbons (Fsp3) is 0.778. The van der Waals surface area contributed by atoms with Crippen LogP contribution in [0.3, 0.4) is 0 Å². The molecule has 2 N–H and O–H groups in total. The van der Waals surface area contributed by atoms with Gasteiger partial charge in [0, 0.05) is 25.9 Å². The first-order chi connectivity index (χ1) is 6.20. The van der Waals surface area contributed by atoms with Gasteiger partial charge in [0.15, 0.2) is 0 Å². The van der Waals surface area contributed by atoms with Crippen LogP contribution < -0.4 is 10.6 Å². The van der Waals surface area contributed by atoms with Crippen molar-refractivity contribution in [2.24, 2.45) is 0 Å². The van der Waals surface area contributed by atoms with Gasteiger partial charge >= 0.3 is 0 Å². The Bertz CT molecular complexity index is 151. The molecule has 0 unspecified atom stereocenters. The molecule has 0 spiro atoms. The highest BCUT2D eigenvalue weighted by atomic mass is 16.2. The van der Waals surface area contributed by atoms with Crippen LogP contribution in [-0.4, -0.2) is 24.9 Å². The number of nitrogens with one attached hydrogen (secondary N) is 2. The molecule has 0 aliphatic rings. The Morgan fingerprint density at radius 1 is 0.923 bits per heavy atom. The highest BCUT2D eigenvalue weighted by Gasteiger charge is 2.02. The zero-order valence-electron chi connectivity index (χ0n) is 8.35. The lowest BCUT2D eigenvalue weighted by Crippen LogP contribution is -2.25. The van der Waals surface area contributed by atoms with Crippen molar-refractivity contribution in [2.45, 2.75) is 33.1 Å². The molecule has 0 aliphatic heterocycles. The van der Waals surface area contributed by atoms with Gasteiger partial charge in [0.25, 0.3) is 0 Å². The van der Waals surface area contributed by atoms with Gasteiger partial charge in [0.05, 0.1) is 0 Å². The number of carbonyl (C=O) groups is 2. The van der Waals surface area contributed by atoms with Crippen LogP contribution in [0, 0.1) is 0 Å². The van der Waals surface area contributed by atoms with Crippen molar-refractivity contribution < 1.29 is 9.59 Å². The van der Waals surface area contributed by atoms with E-state index in [0.29, 0.717) is 32.4 Å². The van der Waals surface area contributed by atoms with Crippen molar-refractivity contribution in [1.82, 2.24) is 10.6 Å². The molecule has 0 aromatic carbocycles. The standard InChI is InChI=1S/C9H18N2O2/c1-3-10-8(12)6-5-7-9(13)11-4-2/h3-7H2,1-2H3,(H,10,12)(H,11,13). The van der Waals surface area contributed by atoms with Gasteiger partial charge in [-0.1, -0.05) is 0 Å². The third kappa shape index (κ3) is 7.31. The lowest BCUT2D eigenvalue weighted by Gasteiger charge is -2.02. The Balaban J connectivity index is 3.33. The van der Waals surface area contributed by atoms with E-state index in [1.807, 2.05) is 13.8 Å². The Labute approximate surface area is 79.1 Å². The predicted molar refractivity (Wildman–Crippen MR) is 51.2 cm³/mol. The fourth-order valence-electron chi connectivity index (χ4n) is 0.981. The lowest BCUT2D eigenvalue weighted by atomic mass is 10.2. The highest BCUT2D eigenvalue weighted by molar-refractivity contribution is 5.78. The molecule has 4 nitrogen and oxygen atoms in total. The first-order valence-electron chi connectivity index (χ1n) is 4.74. The summed E-state index contributed by atoms with van der Waals surface area (Å²) in [5, 5.41) is 5.36. The van der Waals surface area contributed by atoms with Gasteiger partial charge in [0.1, 0.15) is 0 Å². The van der Waals surface area contributed by atoms with E-state index in [4.69, 9.17) is 0 Å². The average Bonchev–Trinajstić information content (AvgIpc) is 2.05. The molecule has 0 fully saturated rings. The van der Waals surface area contributed by atoms with Gasteiger partial charge in [0.2, 0.25) is 11.8 Å². The number of carbonyl (C=O) groups excluding carboxylic acids is 2. The Hall–Kier alpha value is -1.06. The van der Waals surface area contributed by atoms with Crippen LogP contribution in [0.25, 0.3) is 0 Å². The minimum Gasteiger partial charge on any atom is -0.356 e. The van der Waals surface area contributed by atoms with Gasteiger partial charge in [-0.05, 0) is 20.3 Å². The smallest absolute Gasteiger partial charge is 0.219 e. The molecule has 0 saturated carbocycles. The van der Waals surface area contributed by atoms with Gasteiger partial charge in [-0.15, -0.1) is 0 Å². The molecule has 0 aromatic rings. The SMILES string of the molecule is CCNC(=O)CCCC(=O)NCC. The number of hydrogen-bond acceptors (Lipinski definition) is 2. The van der Waals surface area contributed by atoms with Crippen LogP contribution in [0.15, 0.2) is 0 Å². The topological polar surface area (TPSA) is 58.2 Å². The number of hydrogen-bond donors (Lipinski definition) is 2. The summed E-state index contributed by atoms with van der Waals surface area (Å²) in [5.41, 5.74) is 0. The Morgan fingerprint density at radius 3 is 1.62 bits per heavy atom. The second kappa shape index (κ2) is 7.58. The summed E-state index contributed by atoms with van der Waals surface area (Å²) in [6.45, 7) is 5.06. The second-order valence-corrected chi connectivity index (χ2v) is 2.76. The van der Waals surface area contributed by atoms with E-state index in [2.05, 4.69) is 10.6 Å². The van der Waals surface area contributed by atoms with Crippen LogP contribution in [0.5, 0.6) is 0 Å². The van der Waals surface area contributed by atoms with Crippen molar-refractivity contribution in [3.05, 3.63) is 0 Å². The zero-order chi connectivity index (χ0) is 10.1. The van der Waals surface area contributed by atoms with E-state index >= 15 is 0 Å². The van der Waals surface area contributed by atoms with Crippen molar-refractivity contribution in [2.75, 3.05) is 13.1 Å². The van der Waals surface area contributed by atoms with E-state index in [9.17, 15) is 9.59 Å². The Morgan fingerprint density at radius 2 is 1.31 bits per heavy atom.